The average molecular weight is 458 g/mol. The minimum atomic E-state index is 1.07. The Balaban J connectivity index is 1.72. The first-order valence-electron chi connectivity index (χ1n) is 12.4. The van der Waals surface area contributed by atoms with Gasteiger partial charge in [-0.1, -0.05) is 90.0 Å². The van der Waals surface area contributed by atoms with Crippen LogP contribution in [0.5, 0.6) is 0 Å². The zero-order valence-electron chi connectivity index (χ0n) is 21.3. The van der Waals surface area contributed by atoms with Gasteiger partial charge in [0.05, 0.1) is 0 Å². The molecule has 0 unspecified atom stereocenters. The topological polar surface area (TPSA) is 3.24 Å². The zero-order chi connectivity index (χ0) is 24.6. The van der Waals surface area contributed by atoms with Gasteiger partial charge < -0.3 is 4.90 Å². The fraction of sp³-hybridized carbons (Fsp3) is 0.176. The van der Waals surface area contributed by atoms with Crippen LogP contribution in [0.1, 0.15) is 50.3 Å². The van der Waals surface area contributed by atoms with E-state index >= 15 is 0 Å². The van der Waals surface area contributed by atoms with Gasteiger partial charge in [0.2, 0.25) is 0 Å². The number of nitrogens with zero attached hydrogens (tertiary/aromatic N) is 1. The predicted molar refractivity (Wildman–Crippen MR) is 154 cm³/mol. The van der Waals surface area contributed by atoms with Crippen molar-refractivity contribution in [1.29, 1.82) is 0 Å². The summed E-state index contributed by atoms with van der Waals surface area (Å²) in [6.45, 7) is 8.55. The van der Waals surface area contributed by atoms with Gasteiger partial charge >= 0.3 is 0 Å². The molecule has 35 heavy (non-hydrogen) atoms. The molecule has 3 aromatic rings. The molecule has 0 radical (unpaired) electrons. The summed E-state index contributed by atoms with van der Waals surface area (Å²) in [6, 6.07) is 28.4. The highest BCUT2D eigenvalue weighted by atomic mass is 15.1. The second-order valence-electron chi connectivity index (χ2n) is 9.40. The minimum Gasteiger partial charge on any atom is -0.315 e. The van der Waals surface area contributed by atoms with Gasteiger partial charge in [-0.3, -0.25) is 0 Å². The molecule has 0 amide bonds. The van der Waals surface area contributed by atoms with E-state index in [2.05, 4.69) is 148 Å². The van der Waals surface area contributed by atoms with E-state index in [1.165, 1.54) is 44.8 Å². The van der Waals surface area contributed by atoms with Gasteiger partial charge in [0, 0.05) is 17.1 Å². The molecule has 0 N–H and O–H groups in total. The van der Waals surface area contributed by atoms with Gasteiger partial charge in [0.15, 0.2) is 0 Å². The number of hydrogen-bond acceptors (Lipinski definition) is 1. The molecule has 1 heteroatoms. The molecule has 176 valence electrons. The van der Waals surface area contributed by atoms with Gasteiger partial charge in [-0.05, 0) is 99.2 Å². The molecule has 0 bridgehead atoms. The summed E-state index contributed by atoms with van der Waals surface area (Å²) >= 11 is 0. The SMILES string of the molecule is CC(C)=C/C=C(\C)N(c1ccc(C)cc1)c1ccc(/C=C(\C2=CC=CCC2)c2ccccc2)cc1. The van der Waals surface area contributed by atoms with Crippen molar-refractivity contribution in [2.45, 2.75) is 40.5 Å². The van der Waals surface area contributed by atoms with Crippen molar-refractivity contribution in [1.82, 2.24) is 0 Å². The monoisotopic (exact) mass is 457 g/mol. The Kier molecular flexibility index (Phi) is 8.00. The summed E-state index contributed by atoms with van der Waals surface area (Å²) in [5.41, 5.74) is 11.2. The van der Waals surface area contributed by atoms with Crippen LogP contribution >= 0.6 is 0 Å². The molecular weight excluding hydrogens is 422 g/mol. The lowest BCUT2D eigenvalue weighted by Crippen LogP contribution is -2.14. The van der Waals surface area contributed by atoms with Crippen molar-refractivity contribution in [3.8, 4) is 0 Å². The first-order chi connectivity index (χ1) is 17.0. The van der Waals surface area contributed by atoms with Crippen LogP contribution in [0.2, 0.25) is 0 Å². The molecule has 4 rings (SSSR count). The highest BCUT2D eigenvalue weighted by Crippen LogP contribution is 2.33. The van der Waals surface area contributed by atoms with E-state index in [9.17, 15) is 0 Å². The Morgan fingerprint density at radius 3 is 2.03 bits per heavy atom. The number of aryl methyl sites for hydroxylation is 1. The predicted octanol–water partition coefficient (Wildman–Crippen LogP) is 9.82. The molecular formula is C34H35N. The van der Waals surface area contributed by atoms with Gasteiger partial charge in [-0.2, -0.15) is 0 Å². The van der Waals surface area contributed by atoms with E-state index in [0.29, 0.717) is 0 Å². The molecule has 1 aliphatic carbocycles. The fourth-order valence-corrected chi connectivity index (χ4v) is 4.30. The van der Waals surface area contributed by atoms with E-state index in [1.54, 1.807) is 0 Å². The van der Waals surface area contributed by atoms with Gasteiger partial charge in [-0.25, -0.2) is 0 Å². The van der Waals surface area contributed by atoms with Crippen molar-refractivity contribution < 1.29 is 0 Å². The van der Waals surface area contributed by atoms with Crippen LogP contribution in [-0.4, -0.2) is 0 Å². The van der Waals surface area contributed by atoms with Crippen molar-refractivity contribution in [3.05, 3.63) is 143 Å². The molecule has 0 atom stereocenters. The zero-order valence-corrected chi connectivity index (χ0v) is 21.3. The van der Waals surface area contributed by atoms with Gasteiger partial charge in [0.1, 0.15) is 0 Å². The highest BCUT2D eigenvalue weighted by molar-refractivity contribution is 5.91. The van der Waals surface area contributed by atoms with Crippen LogP contribution < -0.4 is 4.90 Å². The maximum absolute atomic E-state index is 2.33. The van der Waals surface area contributed by atoms with Crippen LogP contribution in [0.3, 0.4) is 0 Å². The van der Waals surface area contributed by atoms with Crippen LogP contribution in [-0.2, 0) is 0 Å². The summed E-state index contributed by atoms with van der Waals surface area (Å²) in [5.74, 6) is 0. The number of rotatable bonds is 7. The third-order valence-electron chi connectivity index (χ3n) is 6.21. The second-order valence-corrected chi connectivity index (χ2v) is 9.40. The molecule has 3 aromatic carbocycles. The molecule has 0 aromatic heterocycles. The molecule has 0 heterocycles. The Morgan fingerprint density at radius 1 is 0.771 bits per heavy atom. The lowest BCUT2D eigenvalue weighted by Gasteiger charge is -2.26. The molecule has 0 saturated heterocycles. The summed E-state index contributed by atoms with van der Waals surface area (Å²) in [7, 11) is 0. The summed E-state index contributed by atoms with van der Waals surface area (Å²) in [5, 5.41) is 0. The van der Waals surface area contributed by atoms with E-state index in [1.807, 2.05) is 0 Å². The normalized spacial score (nSPS) is 13.9. The fourth-order valence-electron chi connectivity index (χ4n) is 4.30. The number of hydrogen-bond donors (Lipinski definition) is 0. The van der Waals surface area contributed by atoms with Crippen LogP contribution in [0.4, 0.5) is 11.4 Å². The molecule has 0 saturated carbocycles. The van der Waals surface area contributed by atoms with Gasteiger partial charge in [-0.15, -0.1) is 0 Å². The Bertz CT molecular complexity index is 1280. The highest BCUT2D eigenvalue weighted by Gasteiger charge is 2.13. The smallest absolute Gasteiger partial charge is 0.0458 e. The van der Waals surface area contributed by atoms with E-state index in [4.69, 9.17) is 0 Å². The van der Waals surface area contributed by atoms with Crippen molar-refractivity contribution in [2.24, 2.45) is 0 Å². The minimum absolute atomic E-state index is 1.07. The summed E-state index contributed by atoms with van der Waals surface area (Å²) < 4.78 is 0. The average Bonchev–Trinajstić information content (AvgIpc) is 2.89. The molecule has 0 fully saturated rings. The quantitative estimate of drug-likeness (QED) is 0.252. The third-order valence-corrected chi connectivity index (χ3v) is 6.21. The first-order valence-corrected chi connectivity index (χ1v) is 12.4. The third kappa shape index (κ3) is 6.39. The van der Waals surface area contributed by atoms with Crippen molar-refractivity contribution in [3.63, 3.8) is 0 Å². The Hall–Kier alpha value is -3.84. The second kappa shape index (κ2) is 11.5. The van der Waals surface area contributed by atoms with E-state index in [-0.39, 0.29) is 0 Å². The Labute approximate surface area is 211 Å². The van der Waals surface area contributed by atoms with Gasteiger partial charge in [0.25, 0.3) is 0 Å². The van der Waals surface area contributed by atoms with E-state index in [0.717, 1.165) is 18.5 Å². The van der Waals surface area contributed by atoms with Crippen LogP contribution in [0.15, 0.2) is 126 Å². The maximum Gasteiger partial charge on any atom is 0.0458 e. The van der Waals surface area contributed by atoms with Crippen molar-refractivity contribution >= 4 is 23.0 Å². The van der Waals surface area contributed by atoms with Crippen LogP contribution in [0, 0.1) is 6.92 Å². The molecule has 0 aliphatic heterocycles. The standard InChI is InChI=1S/C34H35N/c1-26(2)15-18-28(4)35(32-21-16-27(3)17-22-32)33-23-19-29(20-24-33)25-34(30-11-7-5-8-12-30)31-13-9-6-10-14-31/h5-9,11-13,15-25H,10,14H2,1-4H3/b28-18+,34-25-. The maximum atomic E-state index is 2.33. The largest absolute Gasteiger partial charge is 0.315 e. The van der Waals surface area contributed by atoms with Crippen molar-refractivity contribution in [2.75, 3.05) is 4.90 Å². The summed E-state index contributed by atoms with van der Waals surface area (Å²) in [4.78, 5) is 2.32. The molecule has 1 nitrogen and oxygen atoms in total. The number of benzene rings is 3. The number of anilines is 2. The Morgan fingerprint density at radius 2 is 1.43 bits per heavy atom. The number of allylic oxidation sites excluding steroid dienone is 9. The van der Waals surface area contributed by atoms with E-state index < -0.39 is 0 Å². The molecule has 1 aliphatic rings. The lowest BCUT2D eigenvalue weighted by molar-refractivity contribution is 0.997. The summed E-state index contributed by atoms with van der Waals surface area (Å²) in [6.07, 6.45) is 15.5. The first kappa shape index (κ1) is 24.3. The van der Waals surface area contributed by atoms with Crippen LogP contribution in [0.25, 0.3) is 11.6 Å². The molecule has 0 spiro atoms. The lowest BCUT2D eigenvalue weighted by atomic mass is 9.90.